The summed E-state index contributed by atoms with van der Waals surface area (Å²) in [7, 11) is -3.66. The van der Waals surface area contributed by atoms with E-state index in [0.29, 0.717) is 12.2 Å². The SMILES string of the molecule is CC(Cc1csc2ccccc12)NS(=O)(=O)c1ccc(OCC(N)=O)cc1. The molecule has 0 aliphatic rings. The van der Waals surface area contributed by atoms with Crippen molar-refractivity contribution in [2.75, 3.05) is 6.61 Å². The number of nitrogens with two attached hydrogens (primary N) is 1. The first-order valence-corrected chi connectivity index (χ1v) is 10.7. The van der Waals surface area contributed by atoms with Gasteiger partial charge in [0, 0.05) is 10.7 Å². The highest BCUT2D eigenvalue weighted by Crippen LogP contribution is 2.26. The van der Waals surface area contributed by atoms with Crippen LogP contribution in [0.25, 0.3) is 10.1 Å². The van der Waals surface area contributed by atoms with E-state index in [1.165, 1.54) is 29.0 Å². The molecule has 0 saturated heterocycles. The summed E-state index contributed by atoms with van der Waals surface area (Å²) >= 11 is 1.65. The van der Waals surface area contributed by atoms with Crippen LogP contribution in [0.2, 0.25) is 0 Å². The van der Waals surface area contributed by atoms with Crippen molar-refractivity contribution in [1.29, 1.82) is 0 Å². The number of carbonyl (C=O) groups excluding carboxylic acids is 1. The maximum Gasteiger partial charge on any atom is 0.255 e. The highest BCUT2D eigenvalue weighted by molar-refractivity contribution is 7.89. The standard InChI is InChI=1S/C19H20N2O4S2/c1-13(10-14-12-26-18-5-3-2-4-17(14)18)21-27(23,24)16-8-6-15(7-9-16)25-11-19(20)22/h2-9,12-13,21H,10-11H2,1H3,(H2,20,22). The number of thiophene rings is 1. The van der Waals surface area contributed by atoms with Crippen molar-refractivity contribution in [3.63, 3.8) is 0 Å². The highest BCUT2D eigenvalue weighted by Gasteiger charge is 2.18. The Hall–Kier alpha value is -2.42. The monoisotopic (exact) mass is 404 g/mol. The molecule has 1 unspecified atom stereocenters. The van der Waals surface area contributed by atoms with Gasteiger partial charge < -0.3 is 10.5 Å². The second-order valence-electron chi connectivity index (χ2n) is 6.21. The van der Waals surface area contributed by atoms with Crippen molar-refractivity contribution in [1.82, 2.24) is 4.72 Å². The fraction of sp³-hybridized carbons (Fsp3) is 0.211. The molecule has 0 aliphatic heterocycles. The fourth-order valence-corrected chi connectivity index (χ4v) is 4.98. The lowest BCUT2D eigenvalue weighted by molar-refractivity contribution is -0.119. The van der Waals surface area contributed by atoms with Crippen LogP contribution in [0.4, 0.5) is 0 Å². The maximum absolute atomic E-state index is 12.6. The molecule has 1 atom stereocenters. The average Bonchev–Trinajstić information content (AvgIpc) is 3.03. The topological polar surface area (TPSA) is 98.5 Å². The van der Waals surface area contributed by atoms with Crippen LogP contribution >= 0.6 is 11.3 Å². The van der Waals surface area contributed by atoms with E-state index >= 15 is 0 Å². The van der Waals surface area contributed by atoms with Gasteiger partial charge in [-0.15, -0.1) is 11.3 Å². The third-order valence-corrected chi connectivity index (χ3v) is 6.58. The molecular formula is C19H20N2O4S2. The lowest BCUT2D eigenvalue weighted by Gasteiger charge is -2.14. The van der Waals surface area contributed by atoms with Gasteiger partial charge in [-0.25, -0.2) is 13.1 Å². The van der Waals surface area contributed by atoms with E-state index in [1.807, 2.05) is 25.1 Å². The Kier molecular flexibility index (Phi) is 5.79. The van der Waals surface area contributed by atoms with Gasteiger partial charge in [0.1, 0.15) is 5.75 Å². The van der Waals surface area contributed by atoms with E-state index in [9.17, 15) is 13.2 Å². The van der Waals surface area contributed by atoms with Crippen LogP contribution in [0.15, 0.2) is 58.8 Å². The Bertz CT molecular complexity index is 1040. The van der Waals surface area contributed by atoms with Crippen molar-refractivity contribution in [3.8, 4) is 5.75 Å². The number of benzene rings is 2. The van der Waals surface area contributed by atoms with Gasteiger partial charge >= 0.3 is 0 Å². The summed E-state index contributed by atoms with van der Waals surface area (Å²) in [5, 5.41) is 3.23. The van der Waals surface area contributed by atoms with Gasteiger partial charge in [-0.1, -0.05) is 18.2 Å². The van der Waals surface area contributed by atoms with E-state index in [2.05, 4.69) is 16.2 Å². The Morgan fingerprint density at radius 3 is 2.59 bits per heavy atom. The summed E-state index contributed by atoms with van der Waals surface area (Å²) in [4.78, 5) is 10.9. The zero-order valence-electron chi connectivity index (χ0n) is 14.7. The molecule has 0 bridgehead atoms. The zero-order valence-corrected chi connectivity index (χ0v) is 16.3. The van der Waals surface area contributed by atoms with Gasteiger partial charge in [-0.3, -0.25) is 4.79 Å². The van der Waals surface area contributed by atoms with Gasteiger partial charge in [0.2, 0.25) is 10.0 Å². The van der Waals surface area contributed by atoms with Crippen LogP contribution in [-0.4, -0.2) is 27.0 Å². The van der Waals surface area contributed by atoms with Gasteiger partial charge in [-0.2, -0.15) is 0 Å². The van der Waals surface area contributed by atoms with E-state index in [-0.39, 0.29) is 17.5 Å². The van der Waals surface area contributed by atoms with Crippen molar-refractivity contribution >= 4 is 37.4 Å². The molecule has 3 N–H and O–H groups in total. The van der Waals surface area contributed by atoms with Crippen LogP contribution in [0.5, 0.6) is 5.75 Å². The predicted octanol–water partition coefficient (Wildman–Crippen LogP) is 2.67. The predicted molar refractivity (Wildman–Crippen MR) is 106 cm³/mol. The van der Waals surface area contributed by atoms with Crippen LogP contribution in [0, 0.1) is 0 Å². The molecule has 0 aliphatic carbocycles. The van der Waals surface area contributed by atoms with E-state index < -0.39 is 15.9 Å². The maximum atomic E-state index is 12.6. The van der Waals surface area contributed by atoms with Gasteiger partial charge in [0.05, 0.1) is 4.90 Å². The quantitative estimate of drug-likeness (QED) is 0.603. The number of fused-ring (bicyclic) bond motifs is 1. The van der Waals surface area contributed by atoms with Gasteiger partial charge in [0.15, 0.2) is 6.61 Å². The van der Waals surface area contributed by atoms with Crippen molar-refractivity contribution < 1.29 is 17.9 Å². The number of sulfonamides is 1. The third-order valence-electron chi connectivity index (χ3n) is 3.96. The molecule has 1 aromatic heterocycles. The van der Waals surface area contributed by atoms with Crippen molar-refractivity contribution in [3.05, 3.63) is 59.5 Å². The second kappa shape index (κ2) is 8.08. The highest BCUT2D eigenvalue weighted by atomic mass is 32.2. The molecule has 27 heavy (non-hydrogen) atoms. The molecular weight excluding hydrogens is 384 g/mol. The molecule has 0 fully saturated rings. The van der Waals surface area contributed by atoms with Crippen LogP contribution in [0.3, 0.4) is 0 Å². The molecule has 1 heterocycles. The van der Waals surface area contributed by atoms with E-state index in [4.69, 9.17) is 10.5 Å². The molecule has 0 spiro atoms. The number of carbonyl (C=O) groups is 1. The summed E-state index contributed by atoms with van der Waals surface area (Å²) in [6, 6.07) is 13.7. The Labute approximate surface area is 162 Å². The smallest absolute Gasteiger partial charge is 0.255 e. The molecule has 0 saturated carbocycles. The Morgan fingerprint density at radius 2 is 1.89 bits per heavy atom. The van der Waals surface area contributed by atoms with Crippen LogP contribution in [-0.2, 0) is 21.2 Å². The average molecular weight is 405 g/mol. The number of hydrogen-bond acceptors (Lipinski definition) is 5. The first-order chi connectivity index (χ1) is 12.8. The van der Waals surface area contributed by atoms with Crippen molar-refractivity contribution in [2.45, 2.75) is 24.3 Å². The van der Waals surface area contributed by atoms with Gasteiger partial charge in [0.25, 0.3) is 5.91 Å². The minimum Gasteiger partial charge on any atom is -0.484 e. The minimum atomic E-state index is -3.66. The number of hydrogen-bond donors (Lipinski definition) is 2. The Balaban J connectivity index is 1.67. The van der Waals surface area contributed by atoms with E-state index in [1.54, 1.807) is 11.3 Å². The lowest BCUT2D eigenvalue weighted by atomic mass is 10.1. The molecule has 0 radical (unpaired) electrons. The molecule has 8 heteroatoms. The lowest BCUT2D eigenvalue weighted by Crippen LogP contribution is -2.34. The fourth-order valence-electron chi connectivity index (χ4n) is 2.76. The largest absolute Gasteiger partial charge is 0.484 e. The first kappa shape index (κ1) is 19.3. The summed E-state index contributed by atoms with van der Waals surface area (Å²) < 4.78 is 34.2. The normalized spacial score (nSPS) is 12.8. The third kappa shape index (κ3) is 4.85. The van der Waals surface area contributed by atoms with Crippen LogP contribution < -0.4 is 15.2 Å². The summed E-state index contributed by atoms with van der Waals surface area (Å²) in [5.41, 5.74) is 6.14. The number of primary amides is 1. The number of nitrogens with one attached hydrogen (secondary N) is 1. The van der Waals surface area contributed by atoms with Gasteiger partial charge in [-0.05, 0) is 60.0 Å². The second-order valence-corrected chi connectivity index (χ2v) is 8.84. The number of amides is 1. The molecule has 1 amide bonds. The minimum absolute atomic E-state index is 0.135. The molecule has 3 rings (SSSR count). The Morgan fingerprint density at radius 1 is 1.19 bits per heavy atom. The molecule has 2 aromatic carbocycles. The molecule has 3 aromatic rings. The summed E-state index contributed by atoms with van der Waals surface area (Å²) in [6.45, 7) is 1.59. The molecule has 6 nitrogen and oxygen atoms in total. The first-order valence-electron chi connectivity index (χ1n) is 8.34. The summed E-state index contributed by atoms with van der Waals surface area (Å²) in [6.07, 6.45) is 0.600. The number of ether oxygens (including phenoxy) is 1. The van der Waals surface area contributed by atoms with Crippen molar-refractivity contribution in [2.24, 2.45) is 5.73 Å². The van der Waals surface area contributed by atoms with E-state index in [0.717, 1.165) is 10.9 Å². The zero-order chi connectivity index (χ0) is 19.4. The van der Waals surface area contributed by atoms with Crippen LogP contribution in [0.1, 0.15) is 12.5 Å². The number of rotatable bonds is 8. The molecule has 142 valence electrons. The summed E-state index contributed by atoms with van der Waals surface area (Å²) in [5.74, 6) is -0.214.